The van der Waals surface area contributed by atoms with Gasteiger partial charge < -0.3 is 9.47 Å². The van der Waals surface area contributed by atoms with Crippen LogP contribution in [0.15, 0.2) is 36.4 Å². The number of aryl methyl sites for hydroxylation is 1. The maximum absolute atomic E-state index is 13.4. The molecule has 2 aromatic carbocycles. The lowest BCUT2D eigenvalue weighted by Gasteiger charge is -2.14. The summed E-state index contributed by atoms with van der Waals surface area (Å²) in [5, 5.41) is 1.91. The van der Waals surface area contributed by atoms with Crippen molar-refractivity contribution in [1.82, 2.24) is 9.66 Å². The van der Waals surface area contributed by atoms with Crippen molar-refractivity contribution in [2.24, 2.45) is 0 Å². The van der Waals surface area contributed by atoms with Gasteiger partial charge in [-0.1, -0.05) is 0 Å². The highest BCUT2D eigenvalue weighted by Gasteiger charge is 2.19. The summed E-state index contributed by atoms with van der Waals surface area (Å²) >= 11 is 0. The van der Waals surface area contributed by atoms with Gasteiger partial charge in [0, 0.05) is 10.8 Å². The summed E-state index contributed by atoms with van der Waals surface area (Å²) in [6.45, 7) is 4.20. The van der Waals surface area contributed by atoms with Gasteiger partial charge in [0.1, 0.15) is 5.82 Å². The molecule has 3 aromatic rings. The van der Waals surface area contributed by atoms with Crippen molar-refractivity contribution in [3.8, 4) is 11.5 Å². The third kappa shape index (κ3) is 2.19. The van der Waals surface area contributed by atoms with Gasteiger partial charge in [-0.25, -0.2) is 14.1 Å². The number of hydrogen-bond acceptors (Lipinski definition) is 4. The molecule has 0 radical (unpaired) electrons. The molecule has 0 amide bonds. The molecule has 3 heterocycles. The zero-order chi connectivity index (χ0) is 17.8. The fraction of sp³-hybridized carbons (Fsp3) is 0.150. The lowest BCUT2D eigenvalue weighted by Crippen LogP contribution is -2.30. The van der Waals surface area contributed by atoms with Crippen LogP contribution in [0.5, 0.6) is 11.5 Å². The Morgan fingerprint density at radius 3 is 2.58 bits per heavy atom. The predicted molar refractivity (Wildman–Crippen MR) is 95.4 cm³/mol. The Bertz CT molecular complexity index is 1160. The van der Waals surface area contributed by atoms with E-state index in [9.17, 15) is 4.39 Å². The Hall–Kier alpha value is -3.28. The number of aromatic nitrogens is 2. The average molecular weight is 349 g/mol. The Morgan fingerprint density at radius 2 is 1.81 bits per heavy atom. The number of hydrogen-bond donors (Lipinski definition) is 1. The SMILES string of the molecule is Cc1nc2n(c1C)NC(c1ccc(F)cc1)=c1cc3c(cc1=C2)OCO3. The molecule has 0 aliphatic carbocycles. The van der Waals surface area contributed by atoms with Crippen LogP contribution in [-0.4, -0.2) is 16.5 Å². The maximum Gasteiger partial charge on any atom is 0.231 e. The molecule has 2 aliphatic heterocycles. The van der Waals surface area contributed by atoms with Crippen LogP contribution < -0.4 is 25.3 Å². The van der Waals surface area contributed by atoms with Crippen molar-refractivity contribution in [2.75, 3.05) is 12.2 Å². The van der Waals surface area contributed by atoms with E-state index in [-0.39, 0.29) is 12.6 Å². The maximum atomic E-state index is 13.4. The van der Waals surface area contributed by atoms with Crippen LogP contribution in [0.4, 0.5) is 4.39 Å². The summed E-state index contributed by atoms with van der Waals surface area (Å²) in [6.07, 6.45) is 2.01. The number of benzene rings is 2. The number of nitrogens with one attached hydrogen (secondary N) is 1. The molecule has 1 aromatic heterocycles. The van der Waals surface area contributed by atoms with E-state index in [1.165, 1.54) is 12.1 Å². The third-order valence-electron chi connectivity index (χ3n) is 4.83. The van der Waals surface area contributed by atoms with E-state index in [2.05, 4.69) is 10.4 Å². The molecule has 1 N–H and O–H groups in total. The van der Waals surface area contributed by atoms with Gasteiger partial charge in [0.15, 0.2) is 17.3 Å². The van der Waals surface area contributed by atoms with Crippen molar-refractivity contribution < 1.29 is 13.9 Å². The standard InChI is InChI=1S/C20H16FN3O2/c1-11-12(2)24-19(22-11)8-14-7-17-18(26-10-25-17)9-16(14)20(23-24)13-3-5-15(21)6-4-13/h3-9,23H,10H2,1-2H3. The van der Waals surface area contributed by atoms with Gasteiger partial charge in [0.2, 0.25) is 6.79 Å². The second kappa shape index (κ2) is 5.36. The number of ether oxygens (including phenoxy) is 2. The third-order valence-corrected chi connectivity index (χ3v) is 4.83. The smallest absolute Gasteiger partial charge is 0.231 e. The van der Waals surface area contributed by atoms with Gasteiger partial charge in [0.25, 0.3) is 0 Å². The lowest BCUT2D eigenvalue weighted by atomic mass is 10.1. The molecular weight excluding hydrogens is 333 g/mol. The first-order chi connectivity index (χ1) is 12.6. The van der Waals surface area contributed by atoms with Gasteiger partial charge in [-0.3, -0.25) is 5.43 Å². The van der Waals surface area contributed by atoms with Gasteiger partial charge in [-0.15, -0.1) is 0 Å². The Balaban J connectivity index is 1.87. The molecule has 0 spiro atoms. The topological polar surface area (TPSA) is 48.3 Å². The van der Waals surface area contributed by atoms with E-state index < -0.39 is 0 Å². The molecule has 2 aliphatic rings. The number of rotatable bonds is 1. The molecule has 0 saturated heterocycles. The van der Waals surface area contributed by atoms with E-state index in [1.807, 2.05) is 36.7 Å². The van der Waals surface area contributed by atoms with Crippen LogP contribution in [0.25, 0.3) is 11.8 Å². The fourth-order valence-corrected chi connectivity index (χ4v) is 3.32. The monoisotopic (exact) mass is 349 g/mol. The largest absolute Gasteiger partial charge is 0.454 e. The summed E-state index contributed by atoms with van der Waals surface area (Å²) in [7, 11) is 0. The van der Waals surface area contributed by atoms with Gasteiger partial charge in [0.05, 0.1) is 17.1 Å². The lowest BCUT2D eigenvalue weighted by molar-refractivity contribution is 0.174. The predicted octanol–water partition coefficient (Wildman–Crippen LogP) is 1.91. The molecule has 0 saturated carbocycles. The van der Waals surface area contributed by atoms with Crippen LogP contribution in [0, 0.1) is 19.7 Å². The molecule has 0 atom stereocenters. The normalized spacial score (nSPS) is 14.2. The van der Waals surface area contributed by atoms with Crippen LogP contribution in [0.2, 0.25) is 0 Å². The molecule has 0 fully saturated rings. The second-order valence-electron chi connectivity index (χ2n) is 6.41. The average Bonchev–Trinajstić information content (AvgIpc) is 3.14. The van der Waals surface area contributed by atoms with Crippen LogP contribution in [0.1, 0.15) is 22.8 Å². The van der Waals surface area contributed by atoms with Gasteiger partial charge in [-0.05, 0) is 61.5 Å². The minimum Gasteiger partial charge on any atom is -0.454 e. The van der Waals surface area contributed by atoms with E-state index in [0.717, 1.165) is 38.9 Å². The fourth-order valence-electron chi connectivity index (χ4n) is 3.32. The summed E-state index contributed by atoms with van der Waals surface area (Å²) in [6, 6.07) is 10.3. The molecule has 0 unspecified atom stereocenters. The number of imidazole rings is 1. The Labute approximate surface area is 149 Å². The molecule has 5 rings (SSSR count). The summed E-state index contributed by atoms with van der Waals surface area (Å²) < 4.78 is 26.5. The minimum absolute atomic E-state index is 0.213. The van der Waals surface area contributed by atoms with Crippen LogP contribution in [-0.2, 0) is 0 Å². The highest BCUT2D eigenvalue weighted by atomic mass is 19.1. The van der Waals surface area contributed by atoms with Gasteiger partial charge in [-0.2, -0.15) is 0 Å². The van der Waals surface area contributed by atoms with Crippen molar-refractivity contribution >= 4 is 11.8 Å². The minimum atomic E-state index is -0.268. The van der Waals surface area contributed by atoms with Crippen molar-refractivity contribution in [2.45, 2.75) is 13.8 Å². The number of nitrogens with zero attached hydrogens (tertiary/aromatic N) is 2. The summed E-state index contributed by atoms with van der Waals surface area (Å²) in [5.74, 6) is 1.95. The zero-order valence-corrected chi connectivity index (χ0v) is 14.3. The van der Waals surface area contributed by atoms with Crippen molar-refractivity contribution in [1.29, 1.82) is 0 Å². The first kappa shape index (κ1) is 15.0. The highest BCUT2D eigenvalue weighted by molar-refractivity contribution is 5.72. The Morgan fingerprint density at radius 1 is 1.08 bits per heavy atom. The molecule has 5 nitrogen and oxygen atoms in total. The van der Waals surface area contributed by atoms with Crippen molar-refractivity contribution in [3.63, 3.8) is 0 Å². The number of halogens is 1. The second-order valence-corrected chi connectivity index (χ2v) is 6.41. The zero-order valence-electron chi connectivity index (χ0n) is 14.3. The molecule has 6 heteroatoms. The first-order valence-electron chi connectivity index (χ1n) is 8.35. The number of fused-ring (bicyclic) bond motifs is 3. The van der Waals surface area contributed by atoms with E-state index in [1.54, 1.807) is 12.1 Å². The van der Waals surface area contributed by atoms with Crippen molar-refractivity contribution in [3.05, 3.63) is 75.4 Å². The quantitative estimate of drug-likeness (QED) is 0.729. The van der Waals surface area contributed by atoms with Crippen LogP contribution >= 0.6 is 0 Å². The first-order valence-corrected chi connectivity index (χ1v) is 8.35. The van der Waals surface area contributed by atoms with E-state index in [4.69, 9.17) is 9.47 Å². The summed E-state index contributed by atoms with van der Waals surface area (Å²) in [5.41, 5.74) is 7.15. The van der Waals surface area contributed by atoms with E-state index >= 15 is 0 Å². The molecule has 130 valence electrons. The molecule has 0 bridgehead atoms. The summed E-state index contributed by atoms with van der Waals surface area (Å²) in [4.78, 5) is 4.64. The van der Waals surface area contributed by atoms with Gasteiger partial charge >= 0.3 is 0 Å². The molecular formula is C20H16FN3O2. The van der Waals surface area contributed by atoms with Crippen LogP contribution in [0.3, 0.4) is 0 Å². The highest BCUT2D eigenvalue weighted by Crippen LogP contribution is 2.29. The Kier molecular flexibility index (Phi) is 3.09. The molecule has 26 heavy (non-hydrogen) atoms. The van der Waals surface area contributed by atoms with E-state index in [0.29, 0.717) is 11.5 Å².